The Kier molecular flexibility index (Phi) is 4.95. The largest absolute Gasteiger partial charge is 0.462 e. The molecule has 5 nitrogen and oxygen atoms in total. The third-order valence-electron chi connectivity index (χ3n) is 2.98. The van der Waals surface area contributed by atoms with Crippen molar-refractivity contribution < 1.29 is 19.0 Å². The Labute approximate surface area is 130 Å². The van der Waals surface area contributed by atoms with E-state index >= 15 is 0 Å². The number of esters is 1. The van der Waals surface area contributed by atoms with Gasteiger partial charge in [-0.1, -0.05) is 11.6 Å². The number of ether oxygens (including phenoxy) is 1. The number of halogens is 2. The standard InChI is InChI=1S/C15H13ClFNO4/c1-2-22-15(21)11-7-12(16)13(8-19)18(14(11)20)10-5-3-9(17)4-6-10/h3-7,19H,2,8H2,1H3. The number of hydrogen-bond acceptors (Lipinski definition) is 4. The third-order valence-corrected chi connectivity index (χ3v) is 3.31. The summed E-state index contributed by atoms with van der Waals surface area (Å²) in [7, 11) is 0. The Bertz CT molecular complexity index is 755. The molecule has 0 radical (unpaired) electrons. The van der Waals surface area contributed by atoms with Crippen molar-refractivity contribution >= 4 is 17.6 Å². The summed E-state index contributed by atoms with van der Waals surface area (Å²) in [4.78, 5) is 24.3. The second kappa shape index (κ2) is 6.72. The molecule has 0 spiro atoms. The highest BCUT2D eigenvalue weighted by atomic mass is 35.5. The number of nitrogens with zero attached hydrogens (tertiary/aromatic N) is 1. The Hall–Kier alpha value is -2.18. The van der Waals surface area contributed by atoms with Crippen molar-refractivity contribution in [3.8, 4) is 5.69 Å². The number of aliphatic hydroxyl groups is 1. The van der Waals surface area contributed by atoms with E-state index in [2.05, 4.69) is 0 Å². The maximum atomic E-state index is 13.0. The fourth-order valence-electron chi connectivity index (χ4n) is 1.99. The fraction of sp³-hybridized carbons (Fsp3) is 0.200. The molecule has 7 heteroatoms. The van der Waals surface area contributed by atoms with Crippen molar-refractivity contribution in [1.29, 1.82) is 0 Å². The topological polar surface area (TPSA) is 68.5 Å². The van der Waals surface area contributed by atoms with E-state index in [1.165, 1.54) is 12.1 Å². The minimum absolute atomic E-state index is 0.0366. The lowest BCUT2D eigenvalue weighted by Gasteiger charge is -2.14. The molecule has 0 bridgehead atoms. The molecule has 1 heterocycles. The molecule has 0 saturated carbocycles. The molecule has 0 saturated heterocycles. The summed E-state index contributed by atoms with van der Waals surface area (Å²) in [6.07, 6.45) is 0. The molecule has 0 amide bonds. The number of carbonyl (C=O) groups is 1. The van der Waals surface area contributed by atoms with Crippen LogP contribution in [0.4, 0.5) is 4.39 Å². The zero-order valence-electron chi connectivity index (χ0n) is 11.7. The van der Waals surface area contributed by atoms with Crippen LogP contribution >= 0.6 is 11.6 Å². The average Bonchev–Trinajstić information content (AvgIpc) is 2.50. The first kappa shape index (κ1) is 16.2. The molecule has 0 aliphatic carbocycles. The van der Waals surface area contributed by atoms with Gasteiger partial charge in [-0.05, 0) is 37.3 Å². The van der Waals surface area contributed by atoms with Gasteiger partial charge in [-0.15, -0.1) is 0 Å². The molecule has 2 rings (SSSR count). The van der Waals surface area contributed by atoms with Crippen LogP contribution in [0.2, 0.25) is 5.02 Å². The van der Waals surface area contributed by atoms with Crippen molar-refractivity contribution in [2.24, 2.45) is 0 Å². The van der Waals surface area contributed by atoms with Crippen LogP contribution in [0.5, 0.6) is 0 Å². The van der Waals surface area contributed by atoms with Gasteiger partial charge in [0.05, 0.1) is 23.9 Å². The Morgan fingerprint density at radius 2 is 2.00 bits per heavy atom. The van der Waals surface area contributed by atoms with Gasteiger partial charge in [-0.2, -0.15) is 0 Å². The molecule has 22 heavy (non-hydrogen) atoms. The molecular formula is C15H13ClFNO4. The van der Waals surface area contributed by atoms with Gasteiger partial charge in [0, 0.05) is 5.69 Å². The fourth-order valence-corrected chi connectivity index (χ4v) is 2.24. The maximum absolute atomic E-state index is 13.0. The first-order valence-electron chi connectivity index (χ1n) is 6.48. The van der Waals surface area contributed by atoms with Crippen LogP contribution in [0.1, 0.15) is 23.0 Å². The van der Waals surface area contributed by atoms with Crippen LogP contribution in [0.25, 0.3) is 5.69 Å². The lowest BCUT2D eigenvalue weighted by molar-refractivity contribution is 0.0523. The first-order chi connectivity index (χ1) is 10.5. The van der Waals surface area contributed by atoms with Crippen molar-refractivity contribution in [2.45, 2.75) is 13.5 Å². The van der Waals surface area contributed by atoms with Crippen LogP contribution in [-0.4, -0.2) is 22.2 Å². The van der Waals surface area contributed by atoms with Gasteiger partial charge in [0.2, 0.25) is 0 Å². The number of aliphatic hydroxyl groups excluding tert-OH is 1. The van der Waals surface area contributed by atoms with E-state index in [0.717, 1.165) is 22.8 Å². The molecule has 0 aliphatic rings. The molecule has 116 valence electrons. The van der Waals surface area contributed by atoms with E-state index in [9.17, 15) is 19.1 Å². The van der Waals surface area contributed by atoms with Gasteiger partial charge in [0.1, 0.15) is 11.4 Å². The lowest BCUT2D eigenvalue weighted by atomic mass is 10.2. The van der Waals surface area contributed by atoms with Gasteiger partial charge in [0.25, 0.3) is 5.56 Å². The summed E-state index contributed by atoms with van der Waals surface area (Å²) in [6.45, 7) is 1.20. The second-order valence-electron chi connectivity index (χ2n) is 4.35. The lowest BCUT2D eigenvalue weighted by Crippen LogP contribution is -2.29. The van der Waals surface area contributed by atoms with Crippen LogP contribution < -0.4 is 5.56 Å². The van der Waals surface area contributed by atoms with E-state index in [0.29, 0.717) is 0 Å². The third kappa shape index (κ3) is 3.03. The minimum atomic E-state index is -0.810. The average molecular weight is 326 g/mol. The van der Waals surface area contributed by atoms with Gasteiger partial charge >= 0.3 is 5.97 Å². The molecule has 1 aromatic carbocycles. The van der Waals surface area contributed by atoms with Crippen molar-refractivity contribution in [2.75, 3.05) is 6.61 Å². The van der Waals surface area contributed by atoms with Gasteiger partial charge in [0.15, 0.2) is 0 Å². The van der Waals surface area contributed by atoms with Gasteiger partial charge in [-0.25, -0.2) is 9.18 Å². The number of benzene rings is 1. The molecule has 1 aromatic heterocycles. The number of aromatic nitrogens is 1. The number of pyridine rings is 1. The number of hydrogen-bond donors (Lipinski definition) is 1. The van der Waals surface area contributed by atoms with E-state index in [-0.39, 0.29) is 28.6 Å². The van der Waals surface area contributed by atoms with Crippen molar-refractivity contribution in [3.05, 3.63) is 62.8 Å². The van der Waals surface area contributed by atoms with Crippen LogP contribution in [0.3, 0.4) is 0 Å². The molecule has 0 fully saturated rings. The maximum Gasteiger partial charge on any atom is 0.343 e. The monoisotopic (exact) mass is 325 g/mol. The molecule has 0 atom stereocenters. The number of carbonyl (C=O) groups excluding carboxylic acids is 1. The molecular weight excluding hydrogens is 313 g/mol. The highest BCUT2D eigenvalue weighted by Gasteiger charge is 2.20. The predicted octanol–water partition coefficient (Wildman–Crippen LogP) is 2.30. The predicted molar refractivity (Wildman–Crippen MR) is 78.9 cm³/mol. The molecule has 2 aromatic rings. The quantitative estimate of drug-likeness (QED) is 0.876. The molecule has 1 N–H and O–H groups in total. The van der Waals surface area contributed by atoms with Gasteiger partial charge < -0.3 is 9.84 Å². The zero-order chi connectivity index (χ0) is 16.3. The first-order valence-corrected chi connectivity index (χ1v) is 6.85. The summed E-state index contributed by atoms with van der Waals surface area (Å²) < 4.78 is 18.9. The van der Waals surface area contributed by atoms with E-state index in [4.69, 9.17) is 16.3 Å². The van der Waals surface area contributed by atoms with Crippen LogP contribution in [-0.2, 0) is 11.3 Å². The Balaban J connectivity index is 2.72. The smallest absolute Gasteiger partial charge is 0.343 e. The van der Waals surface area contributed by atoms with Crippen molar-refractivity contribution in [3.63, 3.8) is 0 Å². The highest BCUT2D eigenvalue weighted by molar-refractivity contribution is 6.31. The number of rotatable bonds is 4. The van der Waals surface area contributed by atoms with Crippen molar-refractivity contribution in [1.82, 2.24) is 4.57 Å². The Morgan fingerprint density at radius 3 is 2.55 bits per heavy atom. The normalized spacial score (nSPS) is 10.5. The molecule has 0 unspecified atom stereocenters. The summed E-state index contributed by atoms with van der Waals surface area (Å²) in [5, 5.41) is 9.47. The van der Waals surface area contributed by atoms with Gasteiger partial charge in [-0.3, -0.25) is 9.36 Å². The summed E-state index contributed by atoms with van der Waals surface area (Å²) in [6, 6.07) is 6.18. The van der Waals surface area contributed by atoms with Crippen LogP contribution in [0.15, 0.2) is 35.1 Å². The Morgan fingerprint density at radius 1 is 1.36 bits per heavy atom. The summed E-state index contributed by atoms with van der Waals surface area (Å²) in [5.74, 6) is -1.29. The highest BCUT2D eigenvalue weighted by Crippen LogP contribution is 2.20. The summed E-state index contributed by atoms with van der Waals surface area (Å²) >= 11 is 6.03. The van der Waals surface area contributed by atoms with E-state index < -0.39 is 24.0 Å². The van der Waals surface area contributed by atoms with E-state index in [1.54, 1.807) is 6.92 Å². The molecule has 0 aliphatic heterocycles. The second-order valence-corrected chi connectivity index (χ2v) is 4.76. The minimum Gasteiger partial charge on any atom is -0.462 e. The SMILES string of the molecule is CCOC(=O)c1cc(Cl)c(CO)n(-c2ccc(F)cc2)c1=O. The summed E-state index contributed by atoms with van der Waals surface area (Å²) in [5.41, 5.74) is -0.568. The van der Waals surface area contributed by atoms with Crippen LogP contribution in [0, 0.1) is 5.82 Å². The van der Waals surface area contributed by atoms with E-state index in [1.807, 2.05) is 0 Å². The zero-order valence-corrected chi connectivity index (χ0v) is 12.4.